The Morgan fingerprint density at radius 1 is 1.18 bits per heavy atom. The summed E-state index contributed by atoms with van der Waals surface area (Å²) in [6.45, 7) is 0.325. The van der Waals surface area contributed by atoms with E-state index in [4.69, 9.17) is 27.9 Å². The van der Waals surface area contributed by atoms with Gasteiger partial charge in [-0.05, 0) is 36.8 Å². The molecule has 0 aromatic heterocycles. The van der Waals surface area contributed by atoms with Gasteiger partial charge < -0.3 is 10.1 Å². The lowest BCUT2D eigenvalue weighted by Crippen LogP contribution is -2.13. The van der Waals surface area contributed by atoms with Crippen LogP contribution >= 0.6 is 23.2 Å². The Hall–Kier alpha value is -1.78. The van der Waals surface area contributed by atoms with Crippen LogP contribution in [0.4, 0.5) is 10.1 Å². The minimum Gasteiger partial charge on any atom is -0.492 e. The van der Waals surface area contributed by atoms with Crippen LogP contribution in [0.3, 0.4) is 0 Å². The standard InChI is InChI=1S/C16H14Cl2FNO2/c17-11-7-8-15(12(18)10-11)22-9-3-6-16(21)20-14-5-2-1-4-13(14)19/h1-2,4-5,7-8,10H,3,6,9H2,(H,20,21). The Labute approximate surface area is 138 Å². The number of para-hydroxylation sites is 1. The Balaban J connectivity index is 1.74. The number of nitrogens with one attached hydrogen (secondary N) is 1. The third kappa shape index (κ3) is 4.90. The predicted molar refractivity (Wildman–Crippen MR) is 86.2 cm³/mol. The number of amides is 1. The highest BCUT2D eigenvalue weighted by Gasteiger charge is 2.07. The van der Waals surface area contributed by atoms with Crippen molar-refractivity contribution >= 4 is 34.8 Å². The summed E-state index contributed by atoms with van der Waals surface area (Å²) in [6, 6.07) is 11.0. The molecule has 0 fully saturated rings. The Kier molecular flexibility index (Phi) is 6.04. The van der Waals surface area contributed by atoms with E-state index in [-0.39, 0.29) is 18.0 Å². The van der Waals surface area contributed by atoms with E-state index in [0.717, 1.165) is 0 Å². The Morgan fingerprint density at radius 3 is 2.68 bits per heavy atom. The number of hydrogen-bond acceptors (Lipinski definition) is 2. The van der Waals surface area contributed by atoms with Crippen molar-refractivity contribution in [3.63, 3.8) is 0 Å². The quantitative estimate of drug-likeness (QED) is 0.756. The molecule has 0 atom stereocenters. The average Bonchev–Trinajstić information content (AvgIpc) is 2.48. The maximum atomic E-state index is 13.4. The molecule has 0 heterocycles. The van der Waals surface area contributed by atoms with E-state index in [0.29, 0.717) is 28.8 Å². The summed E-state index contributed by atoms with van der Waals surface area (Å²) in [6.07, 6.45) is 0.707. The van der Waals surface area contributed by atoms with Crippen molar-refractivity contribution < 1.29 is 13.9 Å². The largest absolute Gasteiger partial charge is 0.492 e. The first kappa shape index (κ1) is 16.6. The van der Waals surface area contributed by atoms with E-state index in [2.05, 4.69) is 5.32 Å². The summed E-state index contributed by atoms with van der Waals surface area (Å²) >= 11 is 11.8. The number of rotatable bonds is 6. The molecule has 22 heavy (non-hydrogen) atoms. The molecule has 2 aromatic carbocycles. The van der Waals surface area contributed by atoms with Gasteiger partial charge in [0.25, 0.3) is 0 Å². The number of ether oxygens (including phenoxy) is 1. The van der Waals surface area contributed by atoms with Crippen LogP contribution in [0.5, 0.6) is 5.75 Å². The normalized spacial score (nSPS) is 10.3. The van der Waals surface area contributed by atoms with Crippen LogP contribution in [0.2, 0.25) is 10.0 Å². The monoisotopic (exact) mass is 341 g/mol. The van der Waals surface area contributed by atoms with Crippen molar-refractivity contribution in [1.82, 2.24) is 0 Å². The van der Waals surface area contributed by atoms with Crippen LogP contribution in [0.15, 0.2) is 42.5 Å². The number of carbonyl (C=O) groups is 1. The molecule has 0 aliphatic rings. The zero-order chi connectivity index (χ0) is 15.9. The zero-order valence-electron chi connectivity index (χ0n) is 11.6. The molecular formula is C16H14Cl2FNO2. The minimum atomic E-state index is -0.458. The highest BCUT2D eigenvalue weighted by molar-refractivity contribution is 6.35. The number of benzene rings is 2. The lowest BCUT2D eigenvalue weighted by atomic mass is 10.2. The summed E-state index contributed by atoms with van der Waals surface area (Å²) in [7, 11) is 0. The van der Waals surface area contributed by atoms with Crippen LogP contribution in [0.1, 0.15) is 12.8 Å². The maximum absolute atomic E-state index is 13.4. The molecule has 0 spiro atoms. The molecule has 0 unspecified atom stereocenters. The maximum Gasteiger partial charge on any atom is 0.224 e. The second kappa shape index (κ2) is 8.01. The van der Waals surface area contributed by atoms with Crippen LogP contribution in [0, 0.1) is 5.82 Å². The van der Waals surface area contributed by atoms with Gasteiger partial charge in [0.15, 0.2) is 0 Å². The van der Waals surface area contributed by atoms with Crippen LogP contribution in [-0.2, 0) is 4.79 Å². The molecule has 0 aliphatic heterocycles. The van der Waals surface area contributed by atoms with Gasteiger partial charge in [0, 0.05) is 11.4 Å². The predicted octanol–water partition coefficient (Wildman–Crippen LogP) is 4.93. The Morgan fingerprint density at radius 2 is 1.95 bits per heavy atom. The molecule has 1 amide bonds. The molecule has 0 saturated carbocycles. The summed E-state index contributed by atoms with van der Waals surface area (Å²) in [5.74, 6) is -0.212. The average molecular weight is 342 g/mol. The topological polar surface area (TPSA) is 38.3 Å². The fourth-order valence-electron chi connectivity index (χ4n) is 1.78. The van der Waals surface area contributed by atoms with Crippen LogP contribution in [-0.4, -0.2) is 12.5 Å². The lowest BCUT2D eigenvalue weighted by molar-refractivity contribution is -0.116. The fourth-order valence-corrected chi connectivity index (χ4v) is 2.25. The van der Waals surface area contributed by atoms with Gasteiger partial charge in [-0.2, -0.15) is 0 Å². The number of hydrogen-bond donors (Lipinski definition) is 1. The lowest BCUT2D eigenvalue weighted by Gasteiger charge is -2.09. The SMILES string of the molecule is O=C(CCCOc1ccc(Cl)cc1Cl)Nc1ccccc1F. The highest BCUT2D eigenvalue weighted by atomic mass is 35.5. The molecule has 6 heteroatoms. The molecule has 0 radical (unpaired) electrons. The first-order chi connectivity index (χ1) is 10.6. The first-order valence-electron chi connectivity index (χ1n) is 6.68. The van der Waals surface area contributed by atoms with Gasteiger partial charge in [-0.25, -0.2) is 4.39 Å². The van der Waals surface area contributed by atoms with Crippen molar-refractivity contribution in [2.24, 2.45) is 0 Å². The van der Waals surface area contributed by atoms with E-state index in [1.54, 1.807) is 30.3 Å². The second-order valence-electron chi connectivity index (χ2n) is 4.55. The fraction of sp³-hybridized carbons (Fsp3) is 0.188. The van der Waals surface area contributed by atoms with Crippen molar-refractivity contribution in [2.75, 3.05) is 11.9 Å². The first-order valence-corrected chi connectivity index (χ1v) is 7.44. The second-order valence-corrected chi connectivity index (χ2v) is 5.40. The van der Waals surface area contributed by atoms with Gasteiger partial charge in [0.1, 0.15) is 11.6 Å². The summed E-state index contributed by atoms with van der Waals surface area (Å²) in [4.78, 5) is 11.7. The van der Waals surface area contributed by atoms with Crippen LogP contribution < -0.4 is 10.1 Å². The number of halogens is 3. The molecule has 0 saturated heterocycles. The summed E-state index contributed by atoms with van der Waals surface area (Å²) < 4.78 is 18.8. The zero-order valence-corrected chi connectivity index (χ0v) is 13.1. The van der Waals surface area contributed by atoms with E-state index >= 15 is 0 Å². The van der Waals surface area contributed by atoms with Crippen molar-refractivity contribution in [1.29, 1.82) is 0 Å². The summed E-state index contributed by atoms with van der Waals surface area (Å²) in [5.41, 5.74) is 0.175. The molecular weight excluding hydrogens is 328 g/mol. The van der Waals surface area contributed by atoms with Crippen LogP contribution in [0.25, 0.3) is 0 Å². The van der Waals surface area contributed by atoms with Gasteiger partial charge >= 0.3 is 0 Å². The minimum absolute atomic E-state index is 0.175. The van der Waals surface area contributed by atoms with E-state index < -0.39 is 5.82 Å². The number of carbonyl (C=O) groups excluding carboxylic acids is 1. The van der Waals surface area contributed by atoms with Crippen molar-refractivity contribution in [3.05, 3.63) is 58.3 Å². The van der Waals surface area contributed by atoms with Gasteiger partial charge in [-0.1, -0.05) is 35.3 Å². The van der Waals surface area contributed by atoms with Gasteiger partial charge in [-0.15, -0.1) is 0 Å². The Bertz CT molecular complexity index is 664. The number of anilines is 1. The third-order valence-electron chi connectivity index (χ3n) is 2.85. The van der Waals surface area contributed by atoms with E-state index in [1.807, 2.05) is 0 Å². The molecule has 2 aromatic rings. The molecule has 116 valence electrons. The van der Waals surface area contributed by atoms with Crippen molar-refractivity contribution in [3.8, 4) is 5.75 Å². The van der Waals surface area contributed by atoms with E-state index in [1.165, 1.54) is 12.1 Å². The molecule has 0 aliphatic carbocycles. The van der Waals surface area contributed by atoms with Gasteiger partial charge in [0.2, 0.25) is 5.91 Å². The third-order valence-corrected chi connectivity index (χ3v) is 3.38. The van der Waals surface area contributed by atoms with Gasteiger partial charge in [-0.3, -0.25) is 4.79 Å². The molecule has 1 N–H and O–H groups in total. The molecule has 3 nitrogen and oxygen atoms in total. The van der Waals surface area contributed by atoms with E-state index in [9.17, 15) is 9.18 Å². The summed E-state index contributed by atoms with van der Waals surface area (Å²) in [5, 5.41) is 3.46. The molecule has 0 bridgehead atoms. The van der Waals surface area contributed by atoms with Crippen molar-refractivity contribution in [2.45, 2.75) is 12.8 Å². The highest BCUT2D eigenvalue weighted by Crippen LogP contribution is 2.27. The smallest absolute Gasteiger partial charge is 0.224 e. The molecule has 2 rings (SSSR count). The van der Waals surface area contributed by atoms with Gasteiger partial charge in [0.05, 0.1) is 17.3 Å².